The van der Waals surface area contributed by atoms with Gasteiger partial charge in [-0.2, -0.15) is 0 Å². The Morgan fingerprint density at radius 2 is 2.37 bits per heavy atom. The molecule has 96 valence electrons. The highest BCUT2D eigenvalue weighted by Crippen LogP contribution is 2.03. The van der Waals surface area contributed by atoms with Gasteiger partial charge >= 0.3 is 0 Å². The minimum Gasteiger partial charge on any atom is -0.467 e. The van der Waals surface area contributed by atoms with Crippen molar-refractivity contribution in [3.05, 3.63) is 53.7 Å². The van der Waals surface area contributed by atoms with E-state index in [2.05, 4.69) is 22.1 Å². The number of nitrogens with one attached hydrogen (secondary N) is 1. The third kappa shape index (κ3) is 3.69. The Kier molecular flexibility index (Phi) is 4.32. The van der Waals surface area contributed by atoms with Crippen LogP contribution in [0.5, 0.6) is 0 Å². The van der Waals surface area contributed by atoms with Gasteiger partial charge in [-0.05, 0) is 18.2 Å². The van der Waals surface area contributed by atoms with Crippen LogP contribution in [0, 0.1) is 11.8 Å². The van der Waals surface area contributed by atoms with Crippen molar-refractivity contribution in [1.82, 2.24) is 10.3 Å². The molecule has 0 bridgehead atoms. The summed E-state index contributed by atoms with van der Waals surface area (Å²) in [7, 11) is 0. The zero-order valence-electron chi connectivity index (χ0n) is 10.1. The quantitative estimate of drug-likeness (QED) is 0.802. The molecular weight excluding hydrogens is 244 g/mol. The lowest BCUT2D eigenvalue weighted by atomic mass is 10.2. The monoisotopic (exact) mass is 256 g/mol. The molecule has 0 aromatic carbocycles. The molecule has 2 aromatic rings. The van der Waals surface area contributed by atoms with Crippen LogP contribution >= 0.6 is 0 Å². The van der Waals surface area contributed by atoms with E-state index < -0.39 is 0 Å². The standard InChI is InChI=1S/C14H12N2O3/c17-5-1-3-11-7-12(9-15-8-11)14(18)16-10-13-4-2-6-19-13/h2,4,6-9,17H,5,10H2,(H,16,18). The van der Waals surface area contributed by atoms with Crippen LogP contribution in [0.25, 0.3) is 0 Å². The van der Waals surface area contributed by atoms with Gasteiger partial charge in [-0.3, -0.25) is 9.78 Å². The van der Waals surface area contributed by atoms with Gasteiger partial charge in [0.05, 0.1) is 18.4 Å². The van der Waals surface area contributed by atoms with Gasteiger partial charge in [-0.1, -0.05) is 11.8 Å². The Morgan fingerprint density at radius 3 is 3.11 bits per heavy atom. The maximum absolute atomic E-state index is 11.9. The van der Waals surface area contributed by atoms with Gasteiger partial charge in [-0.15, -0.1) is 0 Å². The molecule has 0 aliphatic heterocycles. The first kappa shape index (κ1) is 12.9. The number of carbonyl (C=O) groups excluding carboxylic acids is 1. The first-order valence-corrected chi connectivity index (χ1v) is 5.65. The van der Waals surface area contributed by atoms with Crippen molar-refractivity contribution in [3.63, 3.8) is 0 Å². The second kappa shape index (κ2) is 6.38. The summed E-state index contributed by atoms with van der Waals surface area (Å²) in [6.07, 6.45) is 4.54. The van der Waals surface area contributed by atoms with E-state index in [1.54, 1.807) is 24.5 Å². The number of nitrogens with zero attached hydrogens (tertiary/aromatic N) is 1. The first-order valence-electron chi connectivity index (χ1n) is 5.65. The summed E-state index contributed by atoms with van der Waals surface area (Å²) in [4.78, 5) is 15.8. The van der Waals surface area contributed by atoms with Crippen LogP contribution in [0.2, 0.25) is 0 Å². The maximum Gasteiger partial charge on any atom is 0.253 e. The van der Waals surface area contributed by atoms with Gasteiger partial charge in [-0.25, -0.2) is 0 Å². The van der Waals surface area contributed by atoms with Gasteiger partial charge in [0.15, 0.2) is 0 Å². The number of amides is 1. The van der Waals surface area contributed by atoms with E-state index in [9.17, 15) is 4.79 Å². The molecule has 0 saturated heterocycles. The molecule has 0 spiro atoms. The Labute approximate surface area is 110 Å². The van der Waals surface area contributed by atoms with Crippen LogP contribution in [0.15, 0.2) is 41.3 Å². The molecule has 19 heavy (non-hydrogen) atoms. The number of hydrogen-bond donors (Lipinski definition) is 2. The van der Waals surface area contributed by atoms with E-state index in [0.29, 0.717) is 23.4 Å². The van der Waals surface area contributed by atoms with E-state index in [1.807, 2.05) is 0 Å². The molecular formula is C14H12N2O3. The minimum atomic E-state index is -0.253. The Balaban J connectivity index is 2.02. The van der Waals surface area contributed by atoms with E-state index in [-0.39, 0.29) is 12.5 Å². The molecule has 0 fully saturated rings. The maximum atomic E-state index is 11.9. The lowest BCUT2D eigenvalue weighted by molar-refractivity contribution is 0.0947. The van der Waals surface area contributed by atoms with Gasteiger partial charge < -0.3 is 14.8 Å². The van der Waals surface area contributed by atoms with Crippen LogP contribution in [-0.4, -0.2) is 22.6 Å². The van der Waals surface area contributed by atoms with Crippen molar-refractivity contribution in [2.45, 2.75) is 6.54 Å². The summed E-state index contributed by atoms with van der Waals surface area (Å²) in [6, 6.07) is 5.16. The Morgan fingerprint density at radius 1 is 1.47 bits per heavy atom. The molecule has 2 rings (SSSR count). The number of aliphatic hydroxyl groups excluding tert-OH is 1. The number of aromatic nitrogens is 1. The molecule has 0 unspecified atom stereocenters. The summed E-state index contributed by atoms with van der Waals surface area (Å²) < 4.78 is 5.12. The predicted molar refractivity (Wildman–Crippen MR) is 68.1 cm³/mol. The van der Waals surface area contributed by atoms with Crippen LogP contribution < -0.4 is 5.32 Å². The number of pyridine rings is 1. The number of hydrogen-bond acceptors (Lipinski definition) is 4. The first-order chi connectivity index (χ1) is 9.29. The van der Waals surface area contributed by atoms with Crippen LogP contribution in [0.1, 0.15) is 21.7 Å². The summed E-state index contributed by atoms with van der Waals surface area (Å²) in [5, 5.41) is 11.3. The third-order valence-corrected chi connectivity index (χ3v) is 2.32. The van der Waals surface area contributed by atoms with E-state index in [4.69, 9.17) is 9.52 Å². The topological polar surface area (TPSA) is 75.4 Å². The van der Waals surface area contributed by atoms with Crippen molar-refractivity contribution in [2.75, 3.05) is 6.61 Å². The van der Waals surface area contributed by atoms with Crippen molar-refractivity contribution in [3.8, 4) is 11.8 Å². The normalized spacial score (nSPS) is 9.53. The average Bonchev–Trinajstić information content (AvgIpc) is 2.96. The highest BCUT2D eigenvalue weighted by Gasteiger charge is 2.06. The third-order valence-electron chi connectivity index (χ3n) is 2.32. The summed E-state index contributed by atoms with van der Waals surface area (Å²) in [6.45, 7) is 0.0906. The summed E-state index contributed by atoms with van der Waals surface area (Å²) >= 11 is 0. The molecule has 1 amide bonds. The average molecular weight is 256 g/mol. The molecule has 5 nitrogen and oxygen atoms in total. The summed E-state index contributed by atoms with van der Waals surface area (Å²) in [5.74, 6) is 5.63. The molecule has 2 aromatic heterocycles. The molecule has 0 saturated carbocycles. The number of rotatable bonds is 3. The van der Waals surface area contributed by atoms with E-state index >= 15 is 0 Å². The minimum absolute atomic E-state index is 0.227. The van der Waals surface area contributed by atoms with E-state index in [0.717, 1.165) is 0 Å². The molecule has 0 radical (unpaired) electrons. The SMILES string of the molecule is O=C(NCc1ccco1)c1cncc(C#CCO)c1. The predicted octanol–water partition coefficient (Wildman–Crippen LogP) is 0.948. The fraction of sp³-hybridized carbons (Fsp3) is 0.143. The molecule has 2 heterocycles. The Hall–Kier alpha value is -2.58. The molecule has 0 aliphatic carbocycles. The molecule has 0 atom stereocenters. The van der Waals surface area contributed by atoms with Crippen molar-refractivity contribution in [1.29, 1.82) is 0 Å². The van der Waals surface area contributed by atoms with Gasteiger partial charge in [0, 0.05) is 18.0 Å². The van der Waals surface area contributed by atoms with Crippen LogP contribution in [0.3, 0.4) is 0 Å². The fourth-order valence-corrected chi connectivity index (χ4v) is 1.46. The van der Waals surface area contributed by atoms with Gasteiger partial charge in [0.2, 0.25) is 0 Å². The number of carbonyl (C=O) groups is 1. The smallest absolute Gasteiger partial charge is 0.253 e. The largest absolute Gasteiger partial charge is 0.467 e. The second-order valence-corrected chi connectivity index (χ2v) is 3.68. The van der Waals surface area contributed by atoms with Crippen LogP contribution in [0.4, 0.5) is 0 Å². The zero-order valence-corrected chi connectivity index (χ0v) is 10.1. The van der Waals surface area contributed by atoms with Crippen molar-refractivity contribution < 1.29 is 14.3 Å². The van der Waals surface area contributed by atoms with Gasteiger partial charge in [0.1, 0.15) is 12.4 Å². The highest BCUT2D eigenvalue weighted by atomic mass is 16.3. The lowest BCUT2D eigenvalue weighted by Gasteiger charge is -2.03. The molecule has 5 heteroatoms. The van der Waals surface area contributed by atoms with Gasteiger partial charge in [0.25, 0.3) is 5.91 Å². The van der Waals surface area contributed by atoms with E-state index in [1.165, 1.54) is 12.4 Å². The van der Waals surface area contributed by atoms with Crippen molar-refractivity contribution in [2.24, 2.45) is 0 Å². The number of furan rings is 1. The highest BCUT2D eigenvalue weighted by molar-refractivity contribution is 5.94. The lowest BCUT2D eigenvalue weighted by Crippen LogP contribution is -2.22. The molecule has 2 N–H and O–H groups in total. The van der Waals surface area contributed by atoms with Crippen LogP contribution in [-0.2, 0) is 6.54 Å². The second-order valence-electron chi connectivity index (χ2n) is 3.68. The zero-order chi connectivity index (χ0) is 13.5. The fourth-order valence-electron chi connectivity index (χ4n) is 1.46. The molecule has 0 aliphatic rings. The summed E-state index contributed by atoms with van der Waals surface area (Å²) in [5.41, 5.74) is 0.996. The van der Waals surface area contributed by atoms with Crippen molar-refractivity contribution >= 4 is 5.91 Å². The number of aliphatic hydroxyl groups is 1. The Bertz CT molecular complexity index is 609.